The SMILES string of the molecule is CCN(CCCC=C(c1ccccc1)c1ccccc1)Cc1ccccc1. The predicted molar refractivity (Wildman–Crippen MR) is 117 cm³/mol. The Bertz CT molecular complexity index is 765. The fourth-order valence-electron chi connectivity index (χ4n) is 3.39. The Labute approximate surface area is 164 Å². The Morgan fingerprint density at radius 3 is 1.78 bits per heavy atom. The van der Waals surface area contributed by atoms with E-state index in [9.17, 15) is 0 Å². The number of hydrogen-bond donors (Lipinski definition) is 0. The molecule has 0 N–H and O–H groups in total. The molecule has 0 unspecified atom stereocenters. The highest BCUT2D eigenvalue weighted by Crippen LogP contribution is 2.24. The van der Waals surface area contributed by atoms with Gasteiger partial charge in [0.15, 0.2) is 0 Å². The van der Waals surface area contributed by atoms with Gasteiger partial charge in [0.1, 0.15) is 0 Å². The van der Waals surface area contributed by atoms with Gasteiger partial charge < -0.3 is 0 Å². The van der Waals surface area contributed by atoms with Gasteiger partial charge in [-0.1, -0.05) is 104 Å². The lowest BCUT2D eigenvalue weighted by molar-refractivity contribution is 0.277. The Morgan fingerprint density at radius 1 is 0.741 bits per heavy atom. The van der Waals surface area contributed by atoms with Crippen LogP contribution in [0.4, 0.5) is 0 Å². The van der Waals surface area contributed by atoms with Crippen LogP contribution in [0.1, 0.15) is 36.5 Å². The van der Waals surface area contributed by atoms with Gasteiger partial charge in [0.2, 0.25) is 0 Å². The monoisotopic (exact) mass is 355 g/mol. The molecule has 0 aliphatic carbocycles. The topological polar surface area (TPSA) is 3.24 Å². The maximum atomic E-state index is 2.52. The van der Waals surface area contributed by atoms with Gasteiger partial charge in [-0.3, -0.25) is 4.90 Å². The minimum atomic E-state index is 1.03. The smallest absolute Gasteiger partial charge is 0.0233 e. The average Bonchev–Trinajstić information content (AvgIpc) is 2.75. The predicted octanol–water partition coefficient (Wildman–Crippen LogP) is 6.42. The van der Waals surface area contributed by atoms with Crippen molar-refractivity contribution in [1.29, 1.82) is 0 Å². The quantitative estimate of drug-likeness (QED) is 0.400. The Kier molecular flexibility index (Phi) is 7.44. The molecule has 0 amide bonds. The highest BCUT2D eigenvalue weighted by molar-refractivity contribution is 5.79. The van der Waals surface area contributed by atoms with Gasteiger partial charge in [0.05, 0.1) is 0 Å². The van der Waals surface area contributed by atoms with Gasteiger partial charge in [0, 0.05) is 6.54 Å². The second-order valence-corrected chi connectivity index (χ2v) is 6.85. The first kappa shape index (κ1) is 19.1. The number of hydrogen-bond acceptors (Lipinski definition) is 1. The number of rotatable bonds is 9. The molecule has 0 aromatic heterocycles. The van der Waals surface area contributed by atoms with E-state index in [2.05, 4.69) is 109 Å². The van der Waals surface area contributed by atoms with Gasteiger partial charge in [-0.25, -0.2) is 0 Å². The molecule has 1 heteroatoms. The van der Waals surface area contributed by atoms with E-state index >= 15 is 0 Å². The molecule has 0 fully saturated rings. The minimum Gasteiger partial charge on any atom is -0.299 e. The van der Waals surface area contributed by atoms with Crippen molar-refractivity contribution in [2.75, 3.05) is 13.1 Å². The summed E-state index contributed by atoms with van der Waals surface area (Å²) < 4.78 is 0. The van der Waals surface area contributed by atoms with Crippen molar-refractivity contribution in [3.05, 3.63) is 114 Å². The van der Waals surface area contributed by atoms with E-state index in [1.54, 1.807) is 0 Å². The van der Waals surface area contributed by atoms with Crippen LogP contribution in [0, 0.1) is 0 Å². The third-order valence-corrected chi connectivity index (χ3v) is 4.89. The van der Waals surface area contributed by atoms with Crippen LogP contribution in [-0.2, 0) is 6.54 Å². The zero-order chi connectivity index (χ0) is 18.7. The third kappa shape index (κ3) is 5.94. The molecule has 0 aliphatic rings. The summed E-state index contributed by atoms with van der Waals surface area (Å²) in [6, 6.07) is 32.2. The van der Waals surface area contributed by atoms with Gasteiger partial charge in [-0.15, -0.1) is 0 Å². The maximum absolute atomic E-state index is 2.52. The van der Waals surface area contributed by atoms with Gasteiger partial charge >= 0.3 is 0 Å². The van der Waals surface area contributed by atoms with Crippen LogP contribution in [0.5, 0.6) is 0 Å². The van der Waals surface area contributed by atoms with Crippen LogP contribution in [0.3, 0.4) is 0 Å². The fraction of sp³-hybridized carbons (Fsp3) is 0.231. The van der Waals surface area contributed by atoms with Gasteiger partial charge in [0.25, 0.3) is 0 Å². The molecule has 0 heterocycles. The van der Waals surface area contributed by atoms with E-state index < -0.39 is 0 Å². The molecule has 0 saturated heterocycles. The summed E-state index contributed by atoms with van der Waals surface area (Å²) in [5.41, 5.74) is 5.31. The van der Waals surface area contributed by atoms with Crippen molar-refractivity contribution in [1.82, 2.24) is 4.90 Å². The number of nitrogens with zero attached hydrogens (tertiary/aromatic N) is 1. The second kappa shape index (κ2) is 10.5. The molecule has 0 aliphatic heterocycles. The van der Waals surface area contributed by atoms with Crippen molar-refractivity contribution >= 4 is 5.57 Å². The molecule has 27 heavy (non-hydrogen) atoms. The largest absolute Gasteiger partial charge is 0.299 e. The number of benzene rings is 3. The van der Waals surface area contributed by atoms with E-state index in [1.807, 2.05) is 0 Å². The first-order valence-corrected chi connectivity index (χ1v) is 9.94. The van der Waals surface area contributed by atoms with Crippen molar-refractivity contribution in [2.24, 2.45) is 0 Å². The highest BCUT2D eigenvalue weighted by atomic mass is 15.1. The lowest BCUT2D eigenvalue weighted by Crippen LogP contribution is -2.23. The second-order valence-electron chi connectivity index (χ2n) is 6.85. The first-order chi connectivity index (χ1) is 13.4. The summed E-state index contributed by atoms with van der Waals surface area (Å²) in [4.78, 5) is 2.52. The molecule has 1 nitrogen and oxygen atoms in total. The van der Waals surface area contributed by atoms with E-state index in [4.69, 9.17) is 0 Å². The van der Waals surface area contributed by atoms with E-state index in [1.165, 1.54) is 28.7 Å². The van der Waals surface area contributed by atoms with Crippen molar-refractivity contribution < 1.29 is 0 Å². The summed E-state index contributed by atoms with van der Waals surface area (Å²) in [5.74, 6) is 0. The minimum absolute atomic E-state index is 1.03. The van der Waals surface area contributed by atoms with E-state index in [0.717, 1.165) is 26.1 Å². The molecule has 0 saturated carbocycles. The molecular weight excluding hydrogens is 326 g/mol. The summed E-state index contributed by atoms with van der Waals surface area (Å²) in [6.07, 6.45) is 4.66. The van der Waals surface area contributed by atoms with Gasteiger partial charge in [-0.2, -0.15) is 0 Å². The third-order valence-electron chi connectivity index (χ3n) is 4.89. The Hall–Kier alpha value is -2.64. The Balaban J connectivity index is 1.63. The van der Waals surface area contributed by atoms with Crippen molar-refractivity contribution in [3.63, 3.8) is 0 Å². The lowest BCUT2D eigenvalue weighted by Gasteiger charge is -2.20. The van der Waals surface area contributed by atoms with Gasteiger partial charge in [-0.05, 0) is 48.2 Å². The van der Waals surface area contributed by atoms with Crippen LogP contribution < -0.4 is 0 Å². The summed E-state index contributed by atoms with van der Waals surface area (Å²) in [7, 11) is 0. The lowest BCUT2D eigenvalue weighted by atomic mass is 9.96. The van der Waals surface area contributed by atoms with Crippen molar-refractivity contribution in [3.8, 4) is 0 Å². The first-order valence-electron chi connectivity index (χ1n) is 9.94. The highest BCUT2D eigenvalue weighted by Gasteiger charge is 2.05. The normalized spacial score (nSPS) is 10.7. The zero-order valence-electron chi connectivity index (χ0n) is 16.2. The molecular formula is C26H29N. The molecule has 0 bridgehead atoms. The fourth-order valence-corrected chi connectivity index (χ4v) is 3.39. The molecule has 0 atom stereocenters. The zero-order valence-corrected chi connectivity index (χ0v) is 16.2. The van der Waals surface area contributed by atoms with Crippen LogP contribution >= 0.6 is 0 Å². The van der Waals surface area contributed by atoms with Crippen LogP contribution in [0.15, 0.2) is 97.1 Å². The summed E-state index contributed by atoms with van der Waals surface area (Å²) in [5, 5.41) is 0. The molecule has 3 rings (SSSR count). The van der Waals surface area contributed by atoms with E-state index in [0.29, 0.717) is 0 Å². The van der Waals surface area contributed by atoms with Crippen LogP contribution in [-0.4, -0.2) is 18.0 Å². The number of unbranched alkanes of at least 4 members (excludes halogenated alkanes) is 1. The molecule has 3 aromatic rings. The van der Waals surface area contributed by atoms with Crippen LogP contribution in [0.2, 0.25) is 0 Å². The molecule has 0 spiro atoms. The van der Waals surface area contributed by atoms with E-state index in [-0.39, 0.29) is 0 Å². The molecule has 0 radical (unpaired) electrons. The molecule has 3 aromatic carbocycles. The Morgan fingerprint density at radius 2 is 1.26 bits per heavy atom. The molecule has 138 valence electrons. The average molecular weight is 356 g/mol. The van der Waals surface area contributed by atoms with Crippen molar-refractivity contribution in [2.45, 2.75) is 26.3 Å². The van der Waals surface area contributed by atoms with Crippen LogP contribution in [0.25, 0.3) is 5.57 Å². The standard InChI is InChI=1S/C26H29N/c1-2-27(22-23-14-6-3-7-15-23)21-13-12-20-26(24-16-8-4-9-17-24)25-18-10-5-11-19-25/h3-11,14-20H,2,12-13,21-22H2,1H3. The number of allylic oxidation sites excluding steroid dienone is 1. The summed E-state index contributed by atoms with van der Waals surface area (Å²) in [6.45, 7) is 5.49. The summed E-state index contributed by atoms with van der Waals surface area (Å²) >= 11 is 0. The maximum Gasteiger partial charge on any atom is 0.0233 e.